The summed E-state index contributed by atoms with van der Waals surface area (Å²) >= 11 is 0. The van der Waals surface area contributed by atoms with Crippen LogP contribution in [0.25, 0.3) is 11.1 Å². The number of aromatic nitrogens is 2. The van der Waals surface area contributed by atoms with Crippen LogP contribution in [0.5, 0.6) is 0 Å². The van der Waals surface area contributed by atoms with Crippen molar-refractivity contribution >= 4 is 5.95 Å². The van der Waals surface area contributed by atoms with Gasteiger partial charge in [0.2, 0.25) is 5.95 Å². The molecule has 1 aromatic heterocycles. The van der Waals surface area contributed by atoms with Crippen LogP contribution in [-0.2, 0) is 0 Å². The van der Waals surface area contributed by atoms with Crippen molar-refractivity contribution in [3.05, 3.63) is 41.5 Å². The molecule has 0 aliphatic carbocycles. The highest BCUT2D eigenvalue weighted by atomic mass is 19.1. The van der Waals surface area contributed by atoms with Crippen LogP contribution >= 0.6 is 0 Å². The third-order valence-electron chi connectivity index (χ3n) is 3.29. The molecule has 1 heterocycles. The zero-order valence-corrected chi connectivity index (χ0v) is 12.9. The lowest BCUT2D eigenvalue weighted by atomic mass is 10.0. The summed E-state index contributed by atoms with van der Waals surface area (Å²) < 4.78 is 13.3. The van der Waals surface area contributed by atoms with E-state index in [1.807, 2.05) is 27.1 Å². The van der Waals surface area contributed by atoms with E-state index < -0.39 is 0 Å². The number of anilines is 1. The third kappa shape index (κ3) is 3.98. The molecule has 0 atom stereocenters. The molecule has 1 aromatic carbocycles. The second kappa shape index (κ2) is 6.63. The molecule has 5 heteroatoms. The lowest BCUT2D eigenvalue weighted by Gasteiger charge is -2.12. The van der Waals surface area contributed by atoms with Gasteiger partial charge in [0.15, 0.2) is 0 Å². The number of aryl methyl sites for hydroxylation is 2. The summed E-state index contributed by atoms with van der Waals surface area (Å²) in [6.45, 7) is 5.40. The Hall–Kier alpha value is -2.01. The first-order chi connectivity index (χ1) is 9.97. The molecular weight excluding hydrogens is 267 g/mol. The highest BCUT2D eigenvalue weighted by molar-refractivity contribution is 5.66. The molecule has 0 spiro atoms. The summed E-state index contributed by atoms with van der Waals surface area (Å²) in [7, 11) is 4.04. The number of hydrogen-bond donors (Lipinski definition) is 1. The van der Waals surface area contributed by atoms with E-state index in [-0.39, 0.29) is 5.82 Å². The van der Waals surface area contributed by atoms with E-state index in [9.17, 15) is 4.39 Å². The molecule has 0 saturated heterocycles. The molecular formula is C16H21FN4. The highest BCUT2D eigenvalue weighted by Gasteiger charge is 2.07. The first-order valence-corrected chi connectivity index (χ1v) is 6.96. The zero-order chi connectivity index (χ0) is 15.4. The maximum Gasteiger partial charge on any atom is 0.222 e. The molecule has 0 saturated carbocycles. The van der Waals surface area contributed by atoms with Gasteiger partial charge in [-0.25, -0.2) is 14.4 Å². The van der Waals surface area contributed by atoms with Crippen LogP contribution in [0, 0.1) is 19.7 Å². The zero-order valence-electron chi connectivity index (χ0n) is 12.9. The average molecular weight is 288 g/mol. The Morgan fingerprint density at radius 3 is 2.62 bits per heavy atom. The monoisotopic (exact) mass is 288 g/mol. The first-order valence-electron chi connectivity index (χ1n) is 6.96. The summed E-state index contributed by atoms with van der Waals surface area (Å²) in [6, 6.07) is 5.06. The minimum Gasteiger partial charge on any atom is -0.353 e. The number of benzene rings is 1. The minimum absolute atomic E-state index is 0.195. The van der Waals surface area contributed by atoms with E-state index in [0.717, 1.165) is 29.9 Å². The summed E-state index contributed by atoms with van der Waals surface area (Å²) in [5.41, 5.74) is 3.37. The van der Waals surface area contributed by atoms with E-state index in [4.69, 9.17) is 0 Å². The van der Waals surface area contributed by atoms with Gasteiger partial charge in [-0.15, -0.1) is 0 Å². The molecule has 112 valence electrons. The number of rotatable bonds is 5. The molecule has 4 nitrogen and oxygen atoms in total. The number of nitrogens with one attached hydrogen (secondary N) is 1. The molecule has 0 aliphatic heterocycles. The molecule has 2 rings (SSSR count). The van der Waals surface area contributed by atoms with Gasteiger partial charge in [0.25, 0.3) is 0 Å². The summed E-state index contributed by atoms with van der Waals surface area (Å²) in [4.78, 5) is 10.9. The average Bonchev–Trinajstić information content (AvgIpc) is 2.42. The van der Waals surface area contributed by atoms with Gasteiger partial charge in [-0.05, 0) is 51.2 Å². The van der Waals surface area contributed by atoms with Crippen molar-refractivity contribution in [2.24, 2.45) is 0 Å². The second-order valence-electron chi connectivity index (χ2n) is 5.39. The predicted octanol–water partition coefficient (Wildman–Crippen LogP) is 2.87. The van der Waals surface area contributed by atoms with Crippen LogP contribution in [0.3, 0.4) is 0 Å². The van der Waals surface area contributed by atoms with Crippen molar-refractivity contribution in [3.8, 4) is 11.1 Å². The Labute approximate surface area is 125 Å². The van der Waals surface area contributed by atoms with E-state index in [1.54, 1.807) is 19.2 Å². The number of nitrogens with zero attached hydrogens (tertiary/aromatic N) is 3. The molecule has 0 radical (unpaired) electrons. The lowest BCUT2D eigenvalue weighted by Crippen LogP contribution is -2.21. The van der Waals surface area contributed by atoms with Crippen molar-refractivity contribution in [1.29, 1.82) is 0 Å². The largest absolute Gasteiger partial charge is 0.353 e. The SMILES string of the molecule is Cc1cc(-c2cnc(NCCN(C)C)nc2C)ccc1F. The van der Waals surface area contributed by atoms with Crippen LogP contribution in [-0.4, -0.2) is 42.1 Å². The summed E-state index contributed by atoms with van der Waals surface area (Å²) in [5.74, 6) is 0.427. The molecule has 0 unspecified atom stereocenters. The molecule has 0 aliphatic rings. The van der Waals surface area contributed by atoms with Crippen molar-refractivity contribution < 1.29 is 4.39 Å². The van der Waals surface area contributed by atoms with E-state index in [0.29, 0.717) is 11.5 Å². The Morgan fingerprint density at radius 1 is 1.24 bits per heavy atom. The van der Waals surface area contributed by atoms with Gasteiger partial charge in [-0.1, -0.05) is 6.07 Å². The fourth-order valence-electron chi connectivity index (χ4n) is 2.04. The van der Waals surface area contributed by atoms with E-state index >= 15 is 0 Å². The van der Waals surface area contributed by atoms with Crippen LogP contribution in [0.2, 0.25) is 0 Å². The van der Waals surface area contributed by atoms with Crippen molar-refractivity contribution in [2.45, 2.75) is 13.8 Å². The molecule has 0 bridgehead atoms. The molecule has 1 N–H and O–H groups in total. The Bertz CT molecular complexity index is 626. The normalized spacial score (nSPS) is 11.0. The van der Waals surface area contributed by atoms with Crippen LogP contribution in [0.15, 0.2) is 24.4 Å². The molecule has 0 fully saturated rings. The van der Waals surface area contributed by atoms with E-state index in [2.05, 4.69) is 20.2 Å². The van der Waals surface area contributed by atoms with Crippen molar-refractivity contribution in [3.63, 3.8) is 0 Å². The van der Waals surface area contributed by atoms with Gasteiger partial charge in [-0.3, -0.25) is 0 Å². The quantitative estimate of drug-likeness (QED) is 0.918. The Morgan fingerprint density at radius 2 is 2.00 bits per heavy atom. The lowest BCUT2D eigenvalue weighted by molar-refractivity contribution is 0.425. The molecule has 0 amide bonds. The van der Waals surface area contributed by atoms with Gasteiger partial charge >= 0.3 is 0 Å². The van der Waals surface area contributed by atoms with E-state index in [1.165, 1.54) is 6.07 Å². The third-order valence-corrected chi connectivity index (χ3v) is 3.29. The fraction of sp³-hybridized carbons (Fsp3) is 0.375. The Balaban J connectivity index is 2.17. The smallest absolute Gasteiger partial charge is 0.222 e. The van der Waals surface area contributed by atoms with Gasteiger partial charge in [0.1, 0.15) is 5.82 Å². The van der Waals surface area contributed by atoms with Gasteiger partial charge in [-0.2, -0.15) is 0 Å². The standard InChI is InChI=1S/C16H21FN4/c1-11-9-13(5-6-15(11)17)14-10-19-16(20-12(14)2)18-7-8-21(3)4/h5-6,9-10H,7-8H2,1-4H3,(H,18,19,20). The fourth-order valence-corrected chi connectivity index (χ4v) is 2.04. The number of likely N-dealkylation sites (N-methyl/N-ethyl adjacent to an activating group) is 1. The van der Waals surface area contributed by atoms with Gasteiger partial charge in [0.05, 0.1) is 5.69 Å². The number of halogens is 1. The maximum absolute atomic E-state index is 13.3. The second-order valence-corrected chi connectivity index (χ2v) is 5.39. The van der Waals surface area contributed by atoms with Crippen LogP contribution in [0.1, 0.15) is 11.3 Å². The summed E-state index contributed by atoms with van der Waals surface area (Å²) in [5, 5.41) is 3.19. The van der Waals surface area contributed by atoms with Crippen LogP contribution < -0.4 is 5.32 Å². The van der Waals surface area contributed by atoms with Crippen molar-refractivity contribution in [1.82, 2.24) is 14.9 Å². The van der Waals surface area contributed by atoms with Crippen LogP contribution in [0.4, 0.5) is 10.3 Å². The molecule has 2 aromatic rings. The summed E-state index contributed by atoms with van der Waals surface area (Å²) in [6.07, 6.45) is 1.78. The Kier molecular flexibility index (Phi) is 4.85. The maximum atomic E-state index is 13.3. The first kappa shape index (κ1) is 15.4. The van der Waals surface area contributed by atoms with Crippen molar-refractivity contribution in [2.75, 3.05) is 32.5 Å². The van der Waals surface area contributed by atoms with Gasteiger partial charge in [0, 0.05) is 24.8 Å². The minimum atomic E-state index is -0.195. The topological polar surface area (TPSA) is 41.1 Å². The van der Waals surface area contributed by atoms with Gasteiger partial charge < -0.3 is 10.2 Å². The molecule has 21 heavy (non-hydrogen) atoms. The number of hydrogen-bond acceptors (Lipinski definition) is 4. The highest BCUT2D eigenvalue weighted by Crippen LogP contribution is 2.24. The predicted molar refractivity (Wildman–Crippen MR) is 83.9 cm³/mol.